The average molecular weight is 424 g/mol. The molecule has 0 aromatic carbocycles. The second-order valence-corrected chi connectivity index (χ2v) is 9.97. The zero-order chi connectivity index (χ0) is 22.3. The Morgan fingerprint density at radius 2 is 1.77 bits per heavy atom. The number of hydrogen-bond acceptors (Lipinski definition) is 6. The average Bonchev–Trinajstić information content (AvgIpc) is 2.80. The Labute approximate surface area is 177 Å². The molecule has 0 bridgehead atoms. The first-order valence-electron chi connectivity index (χ1n) is 10.6. The maximum atomic E-state index is 13.1. The summed E-state index contributed by atoms with van der Waals surface area (Å²) < 4.78 is 10.7. The van der Waals surface area contributed by atoms with Crippen molar-refractivity contribution in [2.24, 2.45) is 11.3 Å². The number of rotatable bonds is 4. The molecular weight excluding hydrogens is 390 g/mol. The predicted molar refractivity (Wildman–Crippen MR) is 107 cm³/mol. The van der Waals surface area contributed by atoms with Gasteiger partial charge in [0.2, 0.25) is 0 Å². The molecule has 9 heteroatoms. The number of carbonyl (C=O) groups is 4. The number of esters is 1. The van der Waals surface area contributed by atoms with Crippen molar-refractivity contribution >= 4 is 23.8 Å². The third kappa shape index (κ3) is 4.77. The Bertz CT molecular complexity index is 728. The predicted octanol–water partition coefficient (Wildman–Crippen LogP) is 1.30. The van der Waals surface area contributed by atoms with Crippen LogP contribution in [0, 0.1) is 11.3 Å². The molecule has 168 valence electrons. The van der Waals surface area contributed by atoms with Crippen LogP contribution in [0.1, 0.15) is 53.9 Å². The summed E-state index contributed by atoms with van der Waals surface area (Å²) in [6, 6.07) is -0.580. The highest BCUT2D eigenvalue weighted by Crippen LogP contribution is 2.46. The fraction of sp³-hybridized carbons (Fsp3) is 0.810. The highest BCUT2D eigenvalue weighted by atomic mass is 16.5. The van der Waals surface area contributed by atoms with Crippen LogP contribution in [0.25, 0.3) is 0 Å². The fourth-order valence-corrected chi connectivity index (χ4v) is 5.44. The Morgan fingerprint density at radius 1 is 1.13 bits per heavy atom. The summed E-state index contributed by atoms with van der Waals surface area (Å²) >= 11 is 0. The van der Waals surface area contributed by atoms with E-state index in [0.29, 0.717) is 25.9 Å². The smallest absolute Gasteiger partial charge is 0.326 e. The van der Waals surface area contributed by atoms with Gasteiger partial charge in [0, 0.05) is 13.1 Å². The molecule has 9 nitrogen and oxygen atoms in total. The third-order valence-electron chi connectivity index (χ3n) is 6.04. The first kappa shape index (κ1) is 22.5. The van der Waals surface area contributed by atoms with Crippen LogP contribution < -0.4 is 5.32 Å². The second kappa shape index (κ2) is 8.17. The Hall–Kier alpha value is -2.16. The highest BCUT2D eigenvalue weighted by molar-refractivity contribution is 6.08. The summed E-state index contributed by atoms with van der Waals surface area (Å²) in [4.78, 5) is 52.7. The van der Waals surface area contributed by atoms with Crippen LogP contribution >= 0.6 is 0 Å². The third-order valence-corrected chi connectivity index (χ3v) is 6.04. The number of hydrogen-bond donors (Lipinski definition) is 1. The number of urea groups is 1. The maximum Gasteiger partial charge on any atom is 0.326 e. The van der Waals surface area contributed by atoms with E-state index in [1.165, 1.54) is 0 Å². The van der Waals surface area contributed by atoms with Crippen LogP contribution in [0.3, 0.4) is 0 Å². The molecule has 4 amide bonds. The number of imide groups is 1. The van der Waals surface area contributed by atoms with Gasteiger partial charge >= 0.3 is 12.0 Å². The van der Waals surface area contributed by atoms with E-state index >= 15 is 0 Å². The number of ether oxygens (including phenoxy) is 2. The lowest BCUT2D eigenvalue weighted by molar-refractivity contribution is -0.158. The van der Waals surface area contributed by atoms with Crippen molar-refractivity contribution in [3.63, 3.8) is 0 Å². The summed E-state index contributed by atoms with van der Waals surface area (Å²) in [7, 11) is 0. The van der Waals surface area contributed by atoms with Crippen molar-refractivity contribution in [1.82, 2.24) is 15.1 Å². The summed E-state index contributed by atoms with van der Waals surface area (Å²) in [5.41, 5.74) is -1.05. The Kier molecular flexibility index (Phi) is 6.13. The van der Waals surface area contributed by atoms with Crippen LogP contribution in [-0.4, -0.2) is 77.6 Å². The van der Waals surface area contributed by atoms with Gasteiger partial charge in [0.25, 0.3) is 11.8 Å². The molecule has 0 aromatic rings. The van der Waals surface area contributed by atoms with Gasteiger partial charge in [-0.25, -0.2) is 4.79 Å². The van der Waals surface area contributed by atoms with Gasteiger partial charge in [-0.3, -0.25) is 19.3 Å². The maximum absolute atomic E-state index is 13.1. The minimum atomic E-state index is -0.964. The Morgan fingerprint density at radius 3 is 2.37 bits per heavy atom. The number of carbonyl (C=O) groups excluding carboxylic acids is 4. The van der Waals surface area contributed by atoms with Crippen molar-refractivity contribution in [3.05, 3.63) is 0 Å². The van der Waals surface area contributed by atoms with Gasteiger partial charge < -0.3 is 19.7 Å². The molecule has 4 atom stereocenters. The fourth-order valence-electron chi connectivity index (χ4n) is 5.44. The zero-order valence-corrected chi connectivity index (χ0v) is 18.5. The number of nitrogens with one attached hydrogen (secondary N) is 1. The first-order chi connectivity index (χ1) is 13.9. The number of morpholine rings is 1. The molecule has 3 aliphatic rings. The van der Waals surface area contributed by atoms with Gasteiger partial charge in [-0.05, 0) is 44.4 Å². The summed E-state index contributed by atoms with van der Waals surface area (Å²) in [5.74, 6) is -1.20. The molecule has 1 saturated carbocycles. The molecule has 0 aromatic heterocycles. The van der Waals surface area contributed by atoms with E-state index in [4.69, 9.17) is 9.47 Å². The SMILES string of the molecule is C[C@@H]1CC(C)(C)C[C@@]2(C1)NC(=O)N(CC(=O)OCC(=O)N1C[C@@H](C)O[C@@H](C)C1)C2=O. The summed E-state index contributed by atoms with van der Waals surface area (Å²) in [6.45, 7) is 9.94. The van der Waals surface area contributed by atoms with Gasteiger partial charge in [-0.2, -0.15) is 0 Å². The second-order valence-electron chi connectivity index (χ2n) is 9.97. The minimum absolute atomic E-state index is 0.0855. The number of amides is 4. The lowest BCUT2D eigenvalue weighted by atomic mass is 9.64. The first-order valence-corrected chi connectivity index (χ1v) is 10.6. The van der Waals surface area contributed by atoms with E-state index in [9.17, 15) is 19.2 Å². The van der Waals surface area contributed by atoms with Gasteiger partial charge in [0.1, 0.15) is 12.1 Å². The number of nitrogens with zero attached hydrogens (tertiary/aromatic N) is 2. The molecular formula is C21H33N3O6. The van der Waals surface area contributed by atoms with Crippen molar-refractivity contribution in [1.29, 1.82) is 0 Å². The van der Waals surface area contributed by atoms with Gasteiger partial charge in [-0.15, -0.1) is 0 Å². The monoisotopic (exact) mass is 423 g/mol. The van der Waals surface area contributed by atoms with Gasteiger partial charge in [-0.1, -0.05) is 20.8 Å². The van der Waals surface area contributed by atoms with E-state index in [2.05, 4.69) is 26.1 Å². The molecule has 2 heterocycles. The molecule has 0 radical (unpaired) electrons. The van der Waals surface area contributed by atoms with E-state index in [1.54, 1.807) is 4.90 Å². The summed E-state index contributed by atoms with van der Waals surface area (Å²) in [6.07, 6.45) is 1.89. The van der Waals surface area contributed by atoms with E-state index in [1.807, 2.05) is 13.8 Å². The molecule has 2 saturated heterocycles. The van der Waals surface area contributed by atoms with E-state index < -0.39 is 30.7 Å². The normalized spacial score (nSPS) is 33.6. The lowest BCUT2D eigenvalue weighted by Gasteiger charge is -2.43. The molecule has 1 N–H and O–H groups in total. The van der Waals surface area contributed by atoms with Gasteiger partial charge in [0.05, 0.1) is 12.2 Å². The van der Waals surface area contributed by atoms with Gasteiger partial charge in [0.15, 0.2) is 6.61 Å². The minimum Gasteiger partial charge on any atom is -0.454 e. The van der Waals surface area contributed by atoms with Crippen LogP contribution in [-0.2, 0) is 23.9 Å². The highest BCUT2D eigenvalue weighted by Gasteiger charge is 2.56. The zero-order valence-electron chi connectivity index (χ0n) is 18.5. The van der Waals surface area contributed by atoms with Crippen LogP contribution in [0.5, 0.6) is 0 Å². The largest absolute Gasteiger partial charge is 0.454 e. The van der Waals surface area contributed by atoms with Crippen molar-refractivity contribution in [2.45, 2.75) is 71.6 Å². The Balaban J connectivity index is 1.56. The quantitative estimate of drug-likeness (QED) is 0.540. The lowest BCUT2D eigenvalue weighted by Crippen LogP contribution is -2.54. The molecule has 1 spiro atoms. The van der Waals surface area contributed by atoms with Crippen LogP contribution in [0.4, 0.5) is 4.79 Å². The molecule has 3 rings (SSSR count). The molecule has 30 heavy (non-hydrogen) atoms. The van der Waals surface area contributed by atoms with E-state index in [-0.39, 0.29) is 35.4 Å². The molecule has 1 aliphatic carbocycles. The topological polar surface area (TPSA) is 105 Å². The van der Waals surface area contributed by atoms with Crippen molar-refractivity contribution < 1.29 is 28.7 Å². The molecule has 2 aliphatic heterocycles. The molecule has 3 fully saturated rings. The van der Waals surface area contributed by atoms with Crippen LogP contribution in [0.15, 0.2) is 0 Å². The van der Waals surface area contributed by atoms with E-state index in [0.717, 1.165) is 11.3 Å². The van der Waals surface area contributed by atoms with Crippen LogP contribution in [0.2, 0.25) is 0 Å². The molecule has 0 unspecified atom stereocenters. The standard InChI is InChI=1S/C21H33N3O6/c1-13-6-20(4,5)12-21(7-13)18(27)24(19(28)22-21)10-17(26)29-11-16(25)23-8-14(2)30-15(3)9-23/h13-15H,6-12H2,1-5H3,(H,22,28)/t13-,14-,15+,21-/m1/s1. The van der Waals surface area contributed by atoms with Crippen molar-refractivity contribution in [2.75, 3.05) is 26.2 Å². The van der Waals surface area contributed by atoms with Crippen molar-refractivity contribution in [3.8, 4) is 0 Å². The summed E-state index contributed by atoms with van der Waals surface area (Å²) in [5, 5.41) is 2.83.